The largest absolute Gasteiger partial charge is 0.484 e. The topological polar surface area (TPSA) is 44.8 Å². The van der Waals surface area contributed by atoms with Gasteiger partial charge in [0.15, 0.2) is 6.61 Å². The van der Waals surface area contributed by atoms with E-state index in [1.165, 1.54) is 48.1 Å². The molecule has 0 unspecified atom stereocenters. The monoisotopic (exact) mass is 421 g/mol. The highest BCUT2D eigenvalue weighted by atomic mass is 16.5. The molecule has 5 nitrogen and oxygen atoms in total. The Bertz CT molecular complexity index is 875. The summed E-state index contributed by atoms with van der Waals surface area (Å²) in [6.07, 6.45) is 6.10. The molecule has 1 saturated heterocycles. The first kappa shape index (κ1) is 21.7. The number of carbonyl (C=O) groups excluding carboxylic acids is 1. The second kappa shape index (κ2) is 10.2. The minimum atomic E-state index is -0.0692. The van der Waals surface area contributed by atoms with Crippen molar-refractivity contribution in [3.63, 3.8) is 0 Å². The van der Waals surface area contributed by atoms with Crippen LogP contribution in [0.4, 0.5) is 5.69 Å². The maximum atomic E-state index is 12.5. The fraction of sp³-hybridized carbons (Fsp3) is 0.500. The zero-order chi connectivity index (χ0) is 21.6. The zero-order valence-corrected chi connectivity index (χ0v) is 18.9. The number of hydrogen-bond acceptors (Lipinski definition) is 4. The molecule has 0 bridgehead atoms. The van der Waals surface area contributed by atoms with E-state index >= 15 is 0 Å². The molecule has 1 amide bonds. The molecular weight excluding hydrogens is 386 g/mol. The number of aryl methyl sites for hydroxylation is 2. The fourth-order valence-electron chi connectivity index (χ4n) is 4.75. The van der Waals surface area contributed by atoms with Gasteiger partial charge >= 0.3 is 0 Å². The smallest absolute Gasteiger partial charge is 0.258 e. The predicted octanol–water partition coefficient (Wildman–Crippen LogP) is 4.10. The van der Waals surface area contributed by atoms with E-state index < -0.39 is 0 Å². The molecule has 5 heteroatoms. The Hall–Kier alpha value is -2.53. The van der Waals surface area contributed by atoms with Gasteiger partial charge in [0, 0.05) is 25.8 Å². The van der Waals surface area contributed by atoms with Crippen molar-refractivity contribution in [3.05, 3.63) is 59.2 Å². The second-order valence-electron chi connectivity index (χ2n) is 8.93. The highest BCUT2D eigenvalue weighted by molar-refractivity contribution is 5.77. The molecule has 2 aliphatic rings. The number of benzene rings is 2. The third kappa shape index (κ3) is 5.59. The molecule has 0 radical (unpaired) electrons. The Morgan fingerprint density at radius 2 is 1.81 bits per heavy atom. The Morgan fingerprint density at radius 1 is 1.03 bits per heavy atom. The number of nitrogens with zero attached hydrogens (tertiary/aromatic N) is 2. The van der Waals surface area contributed by atoms with Gasteiger partial charge in [-0.25, -0.2) is 0 Å². The van der Waals surface area contributed by atoms with Crippen LogP contribution in [0.15, 0.2) is 42.5 Å². The normalized spacial score (nSPS) is 17.7. The number of rotatable bonds is 7. The fourth-order valence-corrected chi connectivity index (χ4v) is 4.75. The van der Waals surface area contributed by atoms with E-state index in [4.69, 9.17) is 4.74 Å². The van der Waals surface area contributed by atoms with Gasteiger partial charge in [-0.2, -0.15) is 0 Å². The molecule has 31 heavy (non-hydrogen) atoms. The van der Waals surface area contributed by atoms with Crippen molar-refractivity contribution in [2.24, 2.45) is 0 Å². The first-order chi connectivity index (χ1) is 15.1. The molecule has 2 heterocycles. The average molecular weight is 422 g/mol. The summed E-state index contributed by atoms with van der Waals surface area (Å²) in [5.74, 6) is 0.660. The number of amides is 1. The third-order valence-electron chi connectivity index (χ3n) is 6.55. The molecule has 2 aromatic carbocycles. The summed E-state index contributed by atoms with van der Waals surface area (Å²) in [6, 6.07) is 14.9. The molecule has 0 aliphatic carbocycles. The predicted molar refractivity (Wildman–Crippen MR) is 126 cm³/mol. The Kier molecular flexibility index (Phi) is 7.13. The number of piperidine rings is 1. The molecule has 2 aromatic rings. The van der Waals surface area contributed by atoms with Crippen molar-refractivity contribution in [1.82, 2.24) is 10.2 Å². The van der Waals surface area contributed by atoms with Crippen molar-refractivity contribution in [2.45, 2.75) is 45.1 Å². The molecule has 4 rings (SSSR count). The molecule has 0 saturated carbocycles. The van der Waals surface area contributed by atoms with Crippen LogP contribution in [0.2, 0.25) is 0 Å². The lowest BCUT2D eigenvalue weighted by molar-refractivity contribution is -0.123. The van der Waals surface area contributed by atoms with Crippen molar-refractivity contribution in [3.8, 4) is 5.75 Å². The van der Waals surface area contributed by atoms with Crippen molar-refractivity contribution in [1.29, 1.82) is 0 Å². The quantitative estimate of drug-likeness (QED) is 0.731. The van der Waals surface area contributed by atoms with Gasteiger partial charge in [0.1, 0.15) is 5.75 Å². The summed E-state index contributed by atoms with van der Waals surface area (Å²) < 4.78 is 5.66. The number of anilines is 1. The van der Waals surface area contributed by atoms with E-state index in [9.17, 15) is 4.79 Å². The molecule has 0 aromatic heterocycles. The maximum absolute atomic E-state index is 12.5. The van der Waals surface area contributed by atoms with Gasteiger partial charge in [0.25, 0.3) is 5.91 Å². The summed E-state index contributed by atoms with van der Waals surface area (Å²) in [5.41, 5.74) is 5.28. The van der Waals surface area contributed by atoms with Crippen molar-refractivity contribution < 1.29 is 9.53 Å². The van der Waals surface area contributed by atoms with Gasteiger partial charge in [-0.05, 0) is 75.0 Å². The van der Waals surface area contributed by atoms with Gasteiger partial charge in [-0.1, -0.05) is 36.2 Å². The molecule has 166 valence electrons. The number of hydrogen-bond donors (Lipinski definition) is 1. The molecule has 1 atom stereocenters. The molecule has 1 fully saturated rings. The van der Waals surface area contributed by atoms with Crippen LogP contribution in [0, 0.1) is 6.92 Å². The van der Waals surface area contributed by atoms with Gasteiger partial charge < -0.3 is 15.0 Å². The summed E-state index contributed by atoms with van der Waals surface area (Å²) in [5, 5.41) is 3.13. The van der Waals surface area contributed by atoms with Crippen LogP contribution in [0.5, 0.6) is 5.75 Å². The van der Waals surface area contributed by atoms with Gasteiger partial charge in [-0.15, -0.1) is 0 Å². The van der Waals surface area contributed by atoms with E-state index in [2.05, 4.69) is 40.4 Å². The number of carbonyl (C=O) groups is 1. The van der Waals surface area contributed by atoms with Crippen LogP contribution in [0.3, 0.4) is 0 Å². The highest BCUT2D eigenvalue weighted by Crippen LogP contribution is 2.31. The highest BCUT2D eigenvalue weighted by Gasteiger charge is 2.24. The minimum absolute atomic E-state index is 0.0464. The van der Waals surface area contributed by atoms with Crippen LogP contribution >= 0.6 is 0 Å². The summed E-state index contributed by atoms with van der Waals surface area (Å²) >= 11 is 0. The maximum Gasteiger partial charge on any atom is 0.258 e. The number of nitrogens with one attached hydrogen (secondary N) is 1. The van der Waals surface area contributed by atoms with Crippen LogP contribution in [-0.2, 0) is 11.2 Å². The van der Waals surface area contributed by atoms with Gasteiger partial charge in [0.2, 0.25) is 0 Å². The van der Waals surface area contributed by atoms with Gasteiger partial charge in [0.05, 0.1) is 6.04 Å². The molecule has 0 spiro atoms. The van der Waals surface area contributed by atoms with Crippen LogP contribution in [0.25, 0.3) is 0 Å². The lowest BCUT2D eigenvalue weighted by Gasteiger charge is -2.36. The molecule has 2 aliphatic heterocycles. The Morgan fingerprint density at radius 3 is 2.58 bits per heavy atom. The number of likely N-dealkylation sites (tertiary alicyclic amines) is 1. The summed E-state index contributed by atoms with van der Waals surface area (Å²) in [4.78, 5) is 17.4. The first-order valence-corrected chi connectivity index (χ1v) is 11.6. The molecule has 1 N–H and O–H groups in total. The first-order valence-electron chi connectivity index (χ1n) is 11.6. The standard InChI is InChI=1S/C26H35N3O2/c1-20-8-11-23(12-9-20)31-19-26(30)27-18-25(29-15-4-3-5-16-29)22-10-13-24-21(17-22)7-6-14-28(24)2/h8-13,17,25H,3-7,14-16,18-19H2,1-2H3,(H,27,30)/t25-/m1/s1. The van der Waals surface area contributed by atoms with Crippen LogP contribution < -0.4 is 15.0 Å². The van der Waals surface area contributed by atoms with E-state index in [1.807, 2.05) is 31.2 Å². The number of fused-ring (bicyclic) bond motifs is 1. The Balaban J connectivity index is 1.42. The van der Waals surface area contributed by atoms with Gasteiger partial charge in [-0.3, -0.25) is 9.69 Å². The number of ether oxygens (including phenoxy) is 1. The summed E-state index contributed by atoms with van der Waals surface area (Å²) in [6.45, 7) is 6.01. The van der Waals surface area contributed by atoms with Crippen LogP contribution in [0.1, 0.15) is 48.4 Å². The second-order valence-corrected chi connectivity index (χ2v) is 8.93. The van der Waals surface area contributed by atoms with E-state index in [0.29, 0.717) is 6.54 Å². The SMILES string of the molecule is Cc1ccc(OCC(=O)NC[C@H](c2ccc3c(c2)CCCN3C)N2CCCCC2)cc1. The van der Waals surface area contributed by atoms with Crippen molar-refractivity contribution >= 4 is 11.6 Å². The van der Waals surface area contributed by atoms with Crippen LogP contribution in [-0.4, -0.2) is 50.6 Å². The van der Waals surface area contributed by atoms with E-state index in [0.717, 1.165) is 31.8 Å². The zero-order valence-electron chi connectivity index (χ0n) is 18.9. The van der Waals surface area contributed by atoms with E-state index in [-0.39, 0.29) is 18.6 Å². The van der Waals surface area contributed by atoms with E-state index in [1.54, 1.807) is 0 Å². The lowest BCUT2D eigenvalue weighted by Crippen LogP contribution is -2.41. The lowest BCUT2D eigenvalue weighted by atomic mass is 9.95. The Labute approximate surface area is 186 Å². The molecular formula is C26H35N3O2. The third-order valence-corrected chi connectivity index (χ3v) is 6.55. The average Bonchev–Trinajstić information content (AvgIpc) is 2.80. The minimum Gasteiger partial charge on any atom is -0.484 e. The summed E-state index contributed by atoms with van der Waals surface area (Å²) in [7, 11) is 2.17. The van der Waals surface area contributed by atoms with Crippen molar-refractivity contribution in [2.75, 3.05) is 44.7 Å².